The number of aryl methyl sites for hydroxylation is 1. The van der Waals surface area contributed by atoms with Gasteiger partial charge in [-0.05, 0) is 38.0 Å². The highest BCUT2D eigenvalue weighted by atomic mass is 16.5. The first kappa shape index (κ1) is 19.1. The van der Waals surface area contributed by atoms with E-state index in [9.17, 15) is 4.79 Å². The molecule has 1 atom stereocenters. The number of nitrogens with zero attached hydrogens (tertiary/aromatic N) is 2. The number of nitrogens with one attached hydrogen (secondary N) is 2. The summed E-state index contributed by atoms with van der Waals surface area (Å²) in [6.45, 7) is 3.38. The summed E-state index contributed by atoms with van der Waals surface area (Å²) in [5.74, 6) is 0.569. The summed E-state index contributed by atoms with van der Waals surface area (Å²) in [5, 5.41) is 6.21. The van der Waals surface area contributed by atoms with E-state index < -0.39 is 0 Å². The molecule has 1 amide bonds. The molecule has 0 radical (unpaired) electrons. The van der Waals surface area contributed by atoms with E-state index in [4.69, 9.17) is 4.74 Å². The van der Waals surface area contributed by atoms with Crippen LogP contribution in [0.15, 0.2) is 60.9 Å². The van der Waals surface area contributed by atoms with Gasteiger partial charge < -0.3 is 15.4 Å². The first-order valence-corrected chi connectivity index (χ1v) is 9.83. The van der Waals surface area contributed by atoms with Crippen LogP contribution in [0.1, 0.15) is 28.8 Å². The van der Waals surface area contributed by atoms with Gasteiger partial charge in [-0.15, -0.1) is 0 Å². The minimum Gasteiger partial charge on any atom is -0.376 e. The zero-order chi connectivity index (χ0) is 20.1. The molecule has 0 unspecified atom stereocenters. The van der Waals surface area contributed by atoms with Crippen LogP contribution in [0, 0.1) is 6.92 Å². The third-order valence-corrected chi connectivity index (χ3v) is 4.93. The van der Waals surface area contributed by atoms with Crippen LogP contribution in [0.4, 0.5) is 11.5 Å². The van der Waals surface area contributed by atoms with E-state index in [-0.39, 0.29) is 12.0 Å². The molecule has 29 heavy (non-hydrogen) atoms. The van der Waals surface area contributed by atoms with Crippen LogP contribution in [-0.2, 0) is 4.74 Å². The predicted octanol–water partition coefficient (Wildman–Crippen LogP) is 4.10. The topological polar surface area (TPSA) is 76.1 Å². The summed E-state index contributed by atoms with van der Waals surface area (Å²) in [5.41, 5.74) is 4.47. The Morgan fingerprint density at radius 1 is 1.14 bits per heavy atom. The maximum Gasteiger partial charge on any atom is 0.251 e. The number of hydrogen-bond donors (Lipinski definition) is 2. The van der Waals surface area contributed by atoms with E-state index in [2.05, 4.69) is 39.7 Å². The number of carbonyl (C=O) groups is 1. The van der Waals surface area contributed by atoms with Crippen molar-refractivity contribution in [3.63, 3.8) is 0 Å². The maximum atomic E-state index is 12.5. The maximum absolute atomic E-state index is 12.5. The fourth-order valence-corrected chi connectivity index (χ4v) is 3.31. The van der Waals surface area contributed by atoms with Crippen molar-refractivity contribution in [3.8, 4) is 11.3 Å². The average Bonchev–Trinajstić information content (AvgIpc) is 3.27. The Kier molecular flexibility index (Phi) is 5.81. The second-order valence-electron chi connectivity index (χ2n) is 7.21. The largest absolute Gasteiger partial charge is 0.376 e. The molecule has 6 heteroatoms. The molecule has 3 aromatic rings. The van der Waals surface area contributed by atoms with Gasteiger partial charge in [0.25, 0.3) is 5.91 Å². The van der Waals surface area contributed by atoms with Gasteiger partial charge in [0.2, 0.25) is 0 Å². The quantitative estimate of drug-likeness (QED) is 0.665. The van der Waals surface area contributed by atoms with Crippen LogP contribution in [0.3, 0.4) is 0 Å². The monoisotopic (exact) mass is 388 g/mol. The number of amides is 1. The highest BCUT2D eigenvalue weighted by molar-refractivity contribution is 5.95. The molecule has 1 fully saturated rings. The lowest BCUT2D eigenvalue weighted by Gasteiger charge is -2.12. The number of rotatable bonds is 6. The Bertz CT molecular complexity index is 982. The molecule has 2 heterocycles. The Morgan fingerprint density at radius 3 is 2.79 bits per heavy atom. The van der Waals surface area contributed by atoms with Crippen molar-refractivity contribution < 1.29 is 9.53 Å². The Hall–Kier alpha value is -3.25. The molecule has 0 spiro atoms. The van der Waals surface area contributed by atoms with E-state index in [0.29, 0.717) is 17.9 Å². The first-order valence-electron chi connectivity index (χ1n) is 9.83. The molecule has 4 rings (SSSR count). The number of anilines is 2. The van der Waals surface area contributed by atoms with Gasteiger partial charge in [0.05, 0.1) is 11.8 Å². The molecule has 1 saturated heterocycles. The normalized spacial score (nSPS) is 15.8. The van der Waals surface area contributed by atoms with Crippen LogP contribution in [0.25, 0.3) is 11.3 Å². The Labute approximate surface area is 170 Å². The third-order valence-electron chi connectivity index (χ3n) is 4.93. The summed E-state index contributed by atoms with van der Waals surface area (Å²) in [4.78, 5) is 21.1. The number of ether oxygens (including phenoxy) is 1. The third kappa shape index (κ3) is 4.97. The standard InChI is InChI=1S/C23H24N4O2/c1-16-7-9-17(10-8-16)21-13-22(26-15-25-21)27-19-5-2-4-18(12-19)23(28)24-14-20-6-3-11-29-20/h2,4-5,7-10,12-13,15,20H,3,6,11,14H2,1H3,(H,24,28)(H,25,26,27)/t20-/m0/s1. The second-order valence-corrected chi connectivity index (χ2v) is 7.21. The van der Waals surface area contributed by atoms with Gasteiger partial charge >= 0.3 is 0 Å². The summed E-state index contributed by atoms with van der Waals surface area (Å²) in [7, 11) is 0. The van der Waals surface area contributed by atoms with Crippen LogP contribution in [0.5, 0.6) is 0 Å². The highest BCUT2D eigenvalue weighted by Crippen LogP contribution is 2.22. The van der Waals surface area contributed by atoms with Gasteiger partial charge in [0, 0.05) is 36.0 Å². The van der Waals surface area contributed by atoms with E-state index >= 15 is 0 Å². The van der Waals surface area contributed by atoms with Gasteiger partial charge in [-0.1, -0.05) is 35.9 Å². The minimum atomic E-state index is -0.104. The van der Waals surface area contributed by atoms with Crippen molar-refractivity contribution in [3.05, 3.63) is 72.1 Å². The molecule has 2 N–H and O–H groups in total. The zero-order valence-corrected chi connectivity index (χ0v) is 16.4. The summed E-state index contributed by atoms with van der Waals surface area (Å²) in [6, 6.07) is 17.5. The summed E-state index contributed by atoms with van der Waals surface area (Å²) >= 11 is 0. The lowest BCUT2D eigenvalue weighted by atomic mass is 10.1. The first-order chi connectivity index (χ1) is 14.2. The Morgan fingerprint density at radius 2 is 2.00 bits per heavy atom. The number of hydrogen-bond acceptors (Lipinski definition) is 5. The van der Waals surface area contributed by atoms with Crippen molar-refractivity contribution in [1.29, 1.82) is 0 Å². The molecule has 6 nitrogen and oxygen atoms in total. The van der Waals surface area contributed by atoms with Crippen molar-refractivity contribution in [1.82, 2.24) is 15.3 Å². The predicted molar refractivity (Wildman–Crippen MR) is 113 cm³/mol. The highest BCUT2D eigenvalue weighted by Gasteiger charge is 2.16. The lowest BCUT2D eigenvalue weighted by Crippen LogP contribution is -2.31. The fraction of sp³-hybridized carbons (Fsp3) is 0.261. The zero-order valence-electron chi connectivity index (χ0n) is 16.4. The van der Waals surface area contributed by atoms with Gasteiger partial charge in [0.15, 0.2) is 0 Å². The minimum absolute atomic E-state index is 0.104. The van der Waals surface area contributed by atoms with Gasteiger partial charge in [-0.3, -0.25) is 4.79 Å². The van der Waals surface area contributed by atoms with Crippen molar-refractivity contribution >= 4 is 17.4 Å². The lowest BCUT2D eigenvalue weighted by molar-refractivity contribution is 0.0858. The van der Waals surface area contributed by atoms with E-state index in [1.54, 1.807) is 6.07 Å². The van der Waals surface area contributed by atoms with E-state index in [1.807, 2.05) is 36.4 Å². The summed E-state index contributed by atoms with van der Waals surface area (Å²) in [6.07, 6.45) is 3.72. The van der Waals surface area contributed by atoms with Crippen molar-refractivity contribution in [2.24, 2.45) is 0 Å². The average molecular weight is 388 g/mol. The molecule has 2 aromatic carbocycles. The van der Waals surface area contributed by atoms with Gasteiger partial charge in [-0.2, -0.15) is 0 Å². The molecule has 0 bridgehead atoms. The van der Waals surface area contributed by atoms with E-state index in [0.717, 1.165) is 36.4 Å². The molecule has 1 aliphatic rings. The van der Waals surface area contributed by atoms with Crippen molar-refractivity contribution in [2.45, 2.75) is 25.9 Å². The summed E-state index contributed by atoms with van der Waals surface area (Å²) < 4.78 is 5.55. The molecule has 148 valence electrons. The SMILES string of the molecule is Cc1ccc(-c2cc(Nc3cccc(C(=O)NC[C@@H]4CCCO4)c3)ncn2)cc1. The van der Waals surface area contributed by atoms with Gasteiger partial charge in [-0.25, -0.2) is 9.97 Å². The van der Waals surface area contributed by atoms with Crippen LogP contribution < -0.4 is 10.6 Å². The number of benzene rings is 2. The Balaban J connectivity index is 1.44. The molecule has 1 aliphatic heterocycles. The molecule has 0 aliphatic carbocycles. The number of aromatic nitrogens is 2. The molecular formula is C23H24N4O2. The van der Waals surface area contributed by atoms with Crippen LogP contribution in [-0.4, -0.2) is 35.1 Å². The molecular weight excluding hydrogens is 364 g/mol. The van der Waals surface area contributed by atoms with Crippen LogP contribution >= 0.6 is 0 Å². The second kappa shape index (κ2) is 8.84. The molecule has 0 saturated carbocycles. The molecule has 1 aromatic heterocycles. The number of carbonyl (C=O) groups excluding carboxylic acids is 1. The van der Waals surface area contributed by atoms with E-state index in [1.165, 1.54) is 11.9 Å². The van der Waals surface area contributed by atoms with Gasteiger partial charge in [0.1, 0.15) is 12.1 Å². The van der Waals surface area contributed by atoms with Crippen molar-refractivity contribution in [2.75, 3.05) is 18.5 Å². The van der Waals surface area contributed by atoms with Crippen LogP contribution in [0.2, 0.25) is 0 Å². The smallest absolute Gasteiger partial charge is 0.251 e. The fourth-order valence-electron chi connectivity index (χ4n) is 3.31.